The molecule has 0 aliphatic carbocycles. The van der Waals surface area contributed by atoms with Crippen molar-refractivity contribution < 1.29 is 4.79 Å². The zero-order valence-electron chi connectivity index (χ0n) is 21.3. The lowest BCUT2D eigenvalue weighted by Crippen LogP contribution is -2.19. The van der Waals surface area contributed by atoms with E-state index < -0.39 is 0 Å². The molecular weight excluding hydrogens is 476 g/mol. The van der Waals surface area contributed by atoms with Crippen LogP contribution in [0.15, 0.2) is 73.4 Å². The molecule has 0 aliphatic rings. The van der Waals surface area contributed by atoms with Crippen molar-refractivity contribution in [3.05, 3.63) is 73.4 Å². The highest BCUT2D eigenvalue weighted by molar-refractivity contribution is 5.98. The fourth-order valence-corrected chi connectivity index (χ4v) is 4.49. The van der Waals surface area contributed by atoms with Gasteiger partial charge in [0.25, 0.3) is 0 Å². The number of rotatable bonds is 5. The predicted molar refractivity (Wildman–Crippen MR) is 148 cm³/mol. The number of nitrogens with one attached hydrogen (secondary N) is 3. The van der Waals surface area contributed by atoms with E-state index >= 15 is 0 Å². The molecule has 38 heavy (non-hydrogen) atoms. The molecule has 0 atom stereocenters. The second kappa shape index (κ2) is 9.19. The largest absolute Gasteiger partial charge is 0.337 e. The molecule has 0 unspecified atom stereocenters. The predicted octanol–water partition coefficient (Wildman–Crippen LogP) is 6.00. The number of aromatic nitrogens is 7. The van der Waals surface area contributed by atoms with E-state index in [1.807, 2.05) is 69.4 Å². The minimum Gasteiger partial charge on any atom is -0.337 e. The van der Waals surface area contributed by atoms with Crippen LogP contribution < -0.4 is 5.32 Å². The molecule has 0 fully saturated rings. The second-order valence-corrected chi connectivity index (χ2v) is 10.5. The molecule has 6 rings (SSSR count). The van der Waals surface area contributed by atoms with Gasteiger partial charge in [0, 0.05) is 47.1 Å². The maximum Gasteiger partial charge on any atom is 0.224 e. The van der Waals surface area contributed by atoms with E-state index in [1.54, 1.807) is 24.8 Å². The van der Waals surface area contributed by atoms with Crippen LogP contribution in [-0.2, 0) is 4.79 Å². The van der Waals surface area contributed by atoms with Crippen LogP contribution in [0.5, 0.6) is 0 Å². The maximum absolute atomic E-state index is 12.4. The normalized spacial score (nSPS) is 11.8. The topological polar surface area (TPSA) is 125 Å². The summed E-state index contributed by atoms with van der Waals surface area (Å²) in [5, 5.41) is 11.4. The fraction of sp³-hybridized carbons (Fsp3) is 0.172. The van der Waals surface area contributed by atoms with Gasteiger partial charge < -0.3 is 10.3 Å². The number of pyridine rings is 3. The van der Waals surface area contributed by atoms with Crippen LogP contribution >= 0.6 is 0 Å². The van der Waals surface area contributed by atoms with E-state index in [2.05, 4.69) is 35.5 Å². The lowest BCUT2D eigenvalue weighted by atomic mass is 9.92. The zero-order chi connectivity index (χ0) is 26.3. The molecule has 188 valence electrons. The number of anilines is 1. The molecular formula is C29H26N8O. The van der Waals surface area contributed by atoms with Crippen LogP contribution in [0.2, 0.25) is 0 Å². The first-order valence-corrected chi connectivity index (χ1v) is 12.3. The van der Waals surface area contributed by atoms with Crippen LogP contribution in [0.1, 0.15) is 27.2 Å². The molecule has 0 saturated carbocycles. The Kier molecular flexibility index (Phi) is 5.68. The van der Waals surface area contributed by atoms with E-state index in [-0.39, 0.29) is 11.3 Å². The highest BCUT2D eigenvalue weighted by Crippen LogP contribution is 2.32. The first-order chi connectivity index (χ1) is 18.3. The average molecular weight is 503 g/mol. The Morgan fingerprint density at radius 2 is 1.82 bits per heavy atom. The number of aromatic amines is 2. The number of fused-ring (bicyclic) bond motifs is 2. The smallest absolute Gasteiger partial charge is 0.224 e. The summed E-state index contributed by atoms with van der Waals surface area (Å²) in [7, 11) is 0. The molecule has 0 bridgehead atoms. The van der Waals surface area contributed by atoms with Gasteiger partial charge in [0.15, 0.2) is 5.82 Å². The van der Waals surface area contributed by atoms with E-state index in [9.17, 15) is 4.79 Å². The summed E-state index contributed by atoms with van der Waals surface area (Å²) < 4.78 is 0. The molecule has 1 aromatic carbocycles. The van der Waals surface area contributed by atoms with Crippen LogP contribution in [0.4, 0.5) is 5.69 Å². The van der Waals surface area contributed by atoms with Crippen molar-refractivity contribution in [2.75, 3.05) is 5.32 Å². The third-order valence-electron chi connectivity index (χ3n) is 6.17. The number of benzene rings is 1. The van der Waals surface area contributed by atoms with E-state index in [4.69, 9.17) is 4.98 Å². The molecule has 9 nitrogen and oxygen atoms in total. The molecule has 0 radical (unpaired) electrons. The van der Waals surface area contributed by atoms with E-state index in [0.29, 0.717) is 29.3 Å². The Labute approximate surface area is 218 Å². The number of carbonyl (C=O) groups is 1. The third-order valence-corrected chi connectivity index (χ3v) is 6.17. The minimum absolute atomic E-state index is 0.0486. The lowest BCUT2D eigenvalue weighted by molar-refractivity contribution is -0.117. The molecule has 6 aromatic rings. The summed E-state index contributed by atoms with van der Waals surface area (Å²) in [5.41, 5.74) is 7.27. The van der Waals surface area contributed by atoms with Crippen LogP contribution in [0.25, 0.3) is 55.8 Å². The number of carbonyl (C=O) groups excluding carboxylic acids is 1. The van der Waals surface area contributed by atoms with Crippen molar-refractivity contribution in [1.82, 2.24) is 35.1 Å². The molecule has 0 spiro atoms. The number of amides is 1. The van der Waals surface area contributed by atoms with Crippen LogP contribution in [0, 0.1) is 5.41 Å². The van der Waals surface area contributed by atoms with Gasteiger partial charge in [-0.2, -0.15) is 5.10 Å². The SMILES string of the molecule is CC(C)(C)CC(=O)Nc1cncc(-c2cc3c(-c4nc5c(-c6cccnc6)cccc5[nH]4)n[nH]c3cn2)c1. The Bertz CT molecular complexity index is 1780. The Morgan fingerprint density at radius 3 is 2.63 bits per heavy atom. The maximum atomic E-state index is 12.4. The molecule has 3 N–H and O–H groups in total. The van der Waals surface area contributed by atoms with Gasteiger partial charge in [-0.25, -0.2) is 4.98 Å². The number of H-pyrrole nitrogens is 2. The quantitative estimate of drug-likeness (QED) is 0.265. The number of imidazole rings is 1. The van der Waals surface area contributed by atoms with Gasteiger partial charge in [-0.15, -0.1) is 0 Å². The molecule has 9 heteroatoms. The monoisotopic (exact) mass is 502 g/mol. The van der Waals surface area contributed by atoms with Gasteiger partial charge in [-0.1, -0.05) is 39.0 Å². The van der Waals surface area contributed by atoms with Crippen LogP contribution in [-0.4, -0.2) is 41.0 Å². The van der Waals surface area contributed by atoms with Gasteiger partial charge in [-0.05, 0) is 29.7 Å². The summed E-state index contributed by atoms with van der Waals surface area (Å²) in [6.07, 6.45) is 9.12. The third kappa shape index (κ3) is 4.61. The van der Waals surface area contributed by atoms with Crippen molar-refractivity contribution in [2.45, 2.75) is 27.2 Å². The van der Waals surface area contributed by atoms with Gasteiger partial charge >= 0.3 is 0 Å². The van der Waals surface area contributed by atoms with Gasteiger partial charge in [-0.3, -0.25) is 24.8 Å². The number of hydrogen-bond acceptors (Lipinski definition) is 6. The fourth-order valence-electron chi connectivity index (χ4n) is 4.49. The summed E-state index contributed by atoms with van der Waals surface area (Å²) in [4.78, 5) is 33.9. The van der Waals surface area contributed by atoms with Crippen molar-refractivity contribution >= 4 is 33.5 Å². The average Bonchev–Trinajstić information content (AvgIpc) is 3.51. The number of para-hydroxylation sites is 1. The molecule has 5 aromatic heterocycles. The Balaban J connectivity index is 1.36. The minimum atomic E-state index is -0.102. The van der Waals surface area contributed by atoms with Gasteiger partial charge in [0.1, 0.15) is 5.69 Å². The first kappa shape index (κ1) is 23.5. The van der Waals surface area contributed by atoms with Crippen LogP contribution in [0.3, 0.4) is 0 Å². The van der Waals surface area contributed by atoms with Gasteiger partial charge in [0.05, 0.1) is 40.3 Å². The second-order valence-electron chi connectivity index (χ2n) is 10.5. The lowest BCUT2D eigenvalue weighted by Gasteiger charge is -2.17. The molecule has 5 heterocycles. The summed E-state index contributed by atoms with van der Waals surface area (Å²) in [6.45, 7) is 6.10. The van der Waals surface area contributed by atoms with Crippen molar-refractivity contribution in [2.24, 2.45) is 5.41 Å². The van der Waals surface area contributed by atoms with Crippen molar-refractivity contribution in [3.63, 3.8) is 0 Å². The van der Waals surface area contributed by atoms with Gasteiger partial charge in [0.2, 0.25) is 5.91 Å². The summed E-state index contributed by atoms with van der Waals surface area (Å²) in [5.74, 6) is 0.605. The number of nitrogens with zero attached hydrogens (tertiary/aromatic N) is 5. The van der Waals surface area contributed by atoms with E-state index in [0.717, 1.165) is 38.6 Å². The molecule has 1 amide bonds. The van der Waals surface area contributed by atoms with Crippen molar-refractivity contribution in [3.8, 4) is 33.9 Å². The van der Waals surface area contributed by atoms with E-state index in [1.165, 1.54) is 0 Å². The standard InChI is InChI=1S/C29H26N8O/c1-29(2,3)12-25(38)33-19-10-18(14-31-15-19)23-11-21-24(16-32-23)36-37-27(21)28-34-22-8-4-7-20(26(22)35-28)17-6-5-9-30-13-17/h4-11,13-16H,12H2,1-3H3,(H,33,38)(H,34,35)(H,36,37). The molecule has 0 saturated heterocycles. The first-order valence-electron chi connectivity index (χ1n) is 12.3. The number of hydrogen-bond donors (Lipinski definition) is 3. The van der Waals surface area contributed by atoms with Crippen molar-refractivity contribution in [1.29, 1.82) is 0 Å². The Hall–Kier alpha value is -4.92. The highest BCUT2D eigenvalue weighted by atomic mass is 16.1. The highest BCUT2D eigenvalue weighted by Gasteiger charge is 2.18. The summed E-state index contributed by atoms with van der Waals surface area (Å²) in [6, 6.07) is 13.8. The zero-order valence-corrected chi connectivity index (χ0v) is 21.3. The molecule has 0 aliphatic heterocycles. The summed E-state index contributed by atoms with van der Waals surface area (Å²) >= 11 is 0. The Morgan fingerprint density at radius 1 is 0.947 bits per heavy atom.